The molecule has 0 aliphatic rings. The minimum Gasteiger partial charge on any atom is -0.262 e. The molecule has 0 fully saturated rings. The zero-order valence-electron chi connectivity index (χ0n) is 10.1. The number of hydrogen-bond donors (Lipinski definition) is 1. The Morgan fingerprint density at radius 2 is 1.90 bits per heavy atom. The summed E-state index contributed by atoms with van der Waals surface area (Å²) >= 11 is 0. The van der Waals surface area contributed by atoms with E-state index < -0.39 is 38.2 Å². The molecule has 9 heteroatoms. The van der Waals surface area contributed by atoms with E-state index >= 15 is 0 Å². The summed E-state index contributed by atoms with van der Waals surface area (Å²) in [6, 6.07) is 3.41. The molecule has 0 spiro atoms. The Labute approximate surface area is 112 Å². The standard InChI is InChI=1S/C11H8F3N3O2S/c1-6-7(12)5-15-11(10(6)14)20(18,19)17-9-4-2-3-8(13)16-9/h2-5H,1H3,(H,16,17). The zero-order valence-corrected chi connectivity index (χ0v) is 10.9. The van der Waals surface area contributed by atoms with Crippen molar-refractivity contribution in [1.82, 2.24) is 9.97 Å². The van der Waals surface area contributed by atoms with Crippen LogP contribution < -0.4 is 4.72 Å². The van der Waals surface area contributed by atoms with E-state index in [9.17, 15) is 21.6 Å². The van der Waals surface area contributed by atoms with Crippen LogP contribution in [0.3, 0.4) is 0 Å². The van der Waals surface area contributed by atoms with Gasteiger partial charge in [0, 0.05) is 5.56 Å². The van der Waals surface area contributed by atoms with E-state index in [1.807, 2.05) is 4.72 Å². The topological polar surface area (TPSA) is 72.0 Å². The summed E-state index contributed by atoms with van der Waals surface area (Å²) in [4.78, 5) is 6.48. The van der Waals surface area contributed by atoms with Crippen molar-refractivity contribution in [3.05, 3.63) is 47.5 Å². The number of nitrogens with one attached hydrogen (secondary N) is 1. The molecule has 5 nitrogen and oxygen atoms in total. The fourth-order valence-electron chi connectivity index (χ4n) is 1.37. The lowest BCUT2D eigenvalue weighted by Gasteiger charge is -2.08. The van der Waals surface area contributed by atoms with Gasteiger partial charge in [0.1, 0.15) is 11.6 Å². The first kappa shape index (κ1) is 14.3. The number of anilines is 1. The third-order valence-corrected chi connectivity index (χ3v) is 3.65. The van der Waals surface area contributed by atoms with Gasteiger partial charge >= 0.3 is 0 Å². The third kappa shape index (κ3) is 2.72. The molecule has 0 bridgehead atoms. The summed E-state index contributed by atoms with van der Waals surface area (Å²) in [5.41, 5.74) is -0.479. The van der Waals surface area contributed by atoms with Gasteiger partial charge in [0.15, 0.2) is 5.82 Å². The van der Waals surface area contributed by atoms with Crippen LogP contribution in [-0.2, 0) is 10.0 Å². The summed E-state index contributed by atoms with van der Waals surface area (Å²) < 4.78 is 65.3. The Bertz CT molecular complexity index is 766. The average Bonchev–Trinajstić information content (AvgIpc) is 2.35. The van der Waals surface area contributed by atoms with E-state index in [1.54, 1.807) is 0 Å². The van der Waals surface area contributed by atoms with Gasteiger partial charge in [0.25, 0.3) is 10.0 Å². The number of aromatic nitrogens is 2. The first-order chi connectivity index (χ1) is 9.31. The van der Waals surface area contributed by atoms with Gasteiger partial charge in [-0.3, -0.25) is 4.72 Å². The van der Waals surface area contributed by atoms with E-state index in [0.717, 1.165) is 13.0 Å². The normalized spacial score (nSPS) is 11.4. The van der Waals surface area contributed by atoms with Crippen LogP contribution in [-0.4, -0.2) is 18.4 Å². The van der Waals surface area contributed by atoms with Crippen LogP contribution in [0.4, 0.5) is 19.0 Å². The average molecular weight is 303 g/mol. The van der Waals surface area contributed by atoms with Crippen molar-refractivity contribution >= 4 is 15.8 Å². The smallest absolute Gasteiger partial charge is 0.262 e. The van der Waals surface area contributed by atoms with E-state index in [4.69, 9.17) is 0 Å². The lowest BCUT2D eigenvalue weighted by atomic mass is 10.3. The Morgan fingerprint density at radius 3 is 2.55 bits per heavy atom. The largest absolute Gasteiger partial charge is 0.283 e. The molecular formula is C11H8F3N3O2S. The lowest BCUT2D eigenvalue weighted by Crippen LogP contribution is -2.18. The Kier molecular flexibility index (Phi) is 3.62. The molecule has 2 aromatic heterocycles. The van der Waals surface area contributed by atoms with Crippen LogP contribution in [0, 0.1) is 24.5 Å². The summed E-state index contributed by atoms with van der Waals surface area (Å²) in [6.07, 6.45) is 0.589. The van der Waals surface area contributed by atoms with E-state index in [-0.39, 0.29) is 5.82 Å². The number of halogens is 3. The van der Waals surface area contributed by atoms with Crippen molar-refractivity contribution in [1.29, 1.82) is 0 Å². The minimum absolute atomic E-state index is 0.340. The summed E-state index contributed by atoms with van der Waals surface area (Å²) in [5, 5.41) is -0.984. The highest BCUT2D eigenvalue weighted by atomic mass is 32.2. The van der Waals surface area contributed by atoms with Crippen molar-refractivity contribution in [2.24, 2.45) is 0 Å². The molecule has 106 valence electrons. The maximum absolute atomic E-state index is 13.7. The Balaban J connectivity index is 2.44. The van der Waals surface area contributed by atoms with Crippen LogP contribution >= 0.6 is 0 Å². The highest BCUT2D eigenvalue weighted by Crippen LogP contribution is 2.19. The van der Waals surface area contributed by atoms with Gasteiger partial charge in [-0.2, -0.15) is 12.8 Å². The van der Waals surface area contributed by atoms with E-state index in [1.165, 1.54) is 12.1 Å². The molecule has 2 heterocycles. The molecular weight excluding hydrogens is 295 g/mol. The second-order valence-corrected chi connectivity index (χ2v) is 5.40. The monoisotopic (exact) mass is 303 g/mol. The molecule has 2 rings (SSSR count). The molecule has 0 atom stereocenters. The predicted octanol–water partition coefficient (Wildman–Crippen LogP) is 2.00. The molecule has 0 saturated carbocycles. The molecule has 1 N–H and O–H groups in total. The predicted molar refractivity (Wildman–Crippen MR) is 63.9 cm³/mol. The molecule has 20 heavy (non-hydrogen) atoms. The quantitative estimate of drug-likeness (QED) is 0.880. The SMILES string of the molecule is Cc1c(F)cnc(S(=O)(=O)Nc2cccc(F)n2)c1F. The fourth-order valence-corrected chi connectivity index (χ4v) is 2.44. The summed E-state index contributed by atoms with van der Waals surface area (Å²) in [7, 11) is -4.43. The van der Waals surface area contributed by atoms with Crippen molar-refractivity contribution in [2.75, 3.05) is 4.72 Å². The second-order valence-electron chi connectivity index (χ2n) is 3.80. The minimum atomic E-state index is -4.43. The van der Waals surface area contributed by atoms with Crippen LogP contribution in [0.1, 0.15) is 5.56 Å². The highest BCUT2D eigenvalue weighted by Gasteiger charge is 2.24. The summed E-state index contributed by atoms with van der Waals surface area (Å²) in [5.74, 6) is -3.53. The Morgan fingerprint density at radius 1 is 1.20 bits per heavy atom. The van der Waals surface area contributed by atoms with Crippen LogP contribution in [0.2, 0.25) is 0 Å². The first-order valence-corrected chi connectivity index (χ1v) is 6.75. The van der Waals surface area contributed by atoms with Gasteiger partial charge in [-0.05, 0) is 19.1 Å². The van der Waals surface area contributed by atoms with Crippen molar-refractivity contribution in [3.8, 4) is 0 Å². The number of rotatable bonds is 3. The van der Waals surface area contributed by atoms with Gasteiger partial charge in [0.05, 0.1) is 6.20 Å². The fraction of sp³-hybridized carbons (Fsp3) is 0.0909. The highest BCUT2D eigenvalue weighted by molar-refractivity contribution is 7.92. The maximum atomic E-state index is 13.7. The van der Waals surface area contributed by atoms with Crippen molar-refractivity contribution in [2.45, 2.75) is 11.9 Å². The maximum Gasteiger partial charge on any atom is 0.283 e. The first-order valence-electron chi connectivity index (χ1n) is 5.27. The molecule has 0 amide bonds. The second kappa shape index (κ2) is 5.08. The van der Waals surface area contributed by atoms with Crippen molar-refractivity contribution < 1.29 is 21.6 Å². The summed E-state index contributed by atoms with van der Waals surface area (Å²) in [6.45, 7) is 1.08. The molecule has 0 saturated heterocycles. The number of sulfonamides is 1. The Hall–Kier alpha value is -2.16. The van der Waals surface area contributed by atoms with Gasteiger partial charge in [-0.1, -0.05) is 6.07 Å². The van der Waals surface area contributed by atoms with Gasteiger partial charge in [-0.15, -0.1) is 0 Å². The van der Waals surface area contributed by atoms with Crippen molar-refractivity contribution in [3.63, 3.8) is 0 Å². The molecule has 0 radical (unpaired) electrons. The number of pyridine rings is 2. The molecule has 0 unspecified atom stereocenters. The van der Waals surface area contributed by atoms with E-state index in [2.05, 4.69) is 9.97 Å². The van der Waals surface area contributed by atoms with Gasteiger partial charge in [-0.25, -0.2) is 18.7 Å². The van der Waals surface area contributed by atoms with Gasteiger partial charge < -0.3 is 0 Å². The van der Waals surface area contributed by atoms with Crippen LogP contribution in [0.25, 0.3) is 0 Å². The van der Waals surface area contributed by atoms with E-state index in [0.29, 0.717) is 6.20 Å². The van der Waals surface area contributed by atoms with Crippen LogP contribution in [0.5, 0.6) is 0 Å². The molecule has 0 aliphatic carbocycles. The molecule has 0 aliphatic heterocycles. The van der Waals surface area contributed by atoms with Gasteiger partial charge in [0.2, 0.25) is 11.0 Å². The number of hydrogen-bond acceptors (Lipinski definition) is 4. The third-order valence-electron chi connectivity index (χ3n) is 2.38. The van der Waals surface area contributed by atoms with Crippen LogP contribution in [0.15, 0.2) is 29.4 Å². The molecule has 0 aromatic carbocycles. The molecule has 2 aromatic rings. The lowest BCUT2D eigenvalue weighted by molar-refractivity contribution is 0.520. The number of nitrogens with zero attached hydrogens (tertiary/aromatic N) is 2. The zero-order chi connectivity index (χ0) is 14.9.